The molecule has 2 saturated heterocycles. The number of urea groups is 1. The second-order valence-corrected chi connectivity index (χ2v) is 6.39. The van der Waals surface area contributed by atoms with Crippen LogP contribution in [0.4, 0.5) is 10.5 Å². The minimum Gasteiger partial charge on any atom is -0.492 e. The molecule has 2 heterocycles. The summed E-state index contributed by atoms with van der Waals surface area (Å²) in [4.78, 5) is 16.7. The minimum atomic E-state index is -0.0508. The van der Waals surface area contributed by atoms with E-state index < -0.39 is 0 Å². The normalized spacial score (nSPS) is 19.8. The van der Waals surface area contributed by atoms with Crippen LogP contribution in [-0.2, 0) is 4.74 Å². The highest BCUT2D eigenvalue weighted by molar-refractivity contribution is 5.91. The maximum Gasteiger partial charge on any atom is 0.322 e. The molecule has 0 bridgehead atoms. The number of amides is 2. The summed E-state index contributed by atoms with van der Waals surface area (Å²) >= 11 is 0. The van der Waals surface area contributed by atoms with Gasteiger partial charge in [-0.1, -0.05) is 12.1 Å². The number of likely N-dealkylation sites (tertiary alicyclic amines) is 2. The number of para-hydroxylation sites is 2. The molecular weight excluding hydrogens is 306 g/mol. The number of carbonyl (C=O) groups is 1. The third-order valence-electron chi connectivity index (χ3n) is 4.90. The van der Waals surface area contributed by atoms with Crippen LogP contribution >= 0.6 is 0 Å². The smallest absolute Gasteiger partial charge is 0.322 e. The predicted octanol–water partition coefficient (Wildman–Crippen LogP) is 2.41. The highest BCUT2D eigenvalue weighted by atomic mass is 16.5. The Hall–Kier alpha value is -1.79. The van der Waals surface area contributed by atoms with E-state index in [0.29, 0.717) is 24.5 Å². The number of benzene rings is 1. The van der Waals surface area contributed by atoms with Crippen molar-refractivity contribution >= 4 is 11.7 Å². The first kappa shape index (κ1) is 17.0. The Balaban J connectivity index is 1.47. The van der Waals surface area contributed by atoms with E-state index >= 15 is 0 Å². The van der Waals surface area contributed by atoms with Gasteiger partial charge in [-0.15, -0.1) is 0 Å². The van der Waals surface area contributed by atoms with Gasteiger partial charge in [0.25, 0.3) is 0 Å². The number of anilines is 1. The van der Waals surface area contributed by atoms with Crippen molar-refractivity contribution in [3.63, 3.8) is 0 Å². The summed E-state index contributed by atoms with van der Waals surface area (Å²) < 4.78 is 11.0. The van der Waals surface area contributed by atoms with E-state index in [2.05, 4.69) is 10.2 Å². The fourth-order valence-corrected chi connectivity index (χ4v) is 3.37. The first-order chi connectivity index (χ1) is 11.7. The molecule has 2 aliphatic rings. The lowest BCUT2D eigenvalue weighted by Gasteiger charge is -2.47. The second-order valence-electron chi connectivity index (χ2n) is 6.39. The number of hydrogen-bond donors (Lipinski definition) is 1. The number of nitrogens with zero attached hydrogens (tertiary/aromatic N) is 2. The van der Waals surface area contributed by atoms with Gasteiger partial charge in [0.2, 0.25) is 0 Å². The lowest BCUT2D eigenvalue weighted by atomic mass is 10.0. The van der Waals surface area contributed by atoms with Crippen LogP contribution in [0, 0.1) is 0 Å². The van der Waals surface area contributed by atoms with E-state index in [1.54, 1.807) is 7.11 Å². The van der Waals surface area contributed by atoms with Crippen LogP contribution in [0.5, 0.6) is 5.75 Å². The van der Waals surface area contributed by atoms with E-state index in [0.717, 1.165) is 44.7 Å². The van der Waals surface area contributed by atoms with Crippen molar-refractivity contribution in [3.8, 4) is 5.75 Å². The van der Waals surface area contributed by atoms with E-state index in [9.17, 15) is 4.79 Å². The van der Waals surface area contributed by atoms with Gasteiger partial charge in [-0.2, -0.15) is 0 Å². The Morgan fingerprint density at radius 1 is 1.25 bits per heavy atom. The number of piperidine rings is 1. The van der Waals surface area contributed by atoms with Crippen LogP contribution in [0.2, 0.25) is 0 Å². The van der Waals surface area contributed by atoms with E-state index in [1.807, 2.05) is 36.1 Å². The zero-order chi connectivity index (χ0) is 16.9. The molecule has 2 fully saturated rings. The lowest BCUT2D eigenvalue weighted by molar-refractivity contribution is -0.00369. The molecule has 0 aliphatic carbocycles. The Labute approximate surface area is 143 Å². The van der Waals surface area contributed by atoms with Crippen LogP contribution in [0.3, 0.4) is 0 Å². The molecule has 0 radical (unpaired) electrons. The third kappa shape index (κ3) is 3.82. The maximum atomic E-state index is 12.4. The number of rotatable bonds is 5. The van der Waals surface area contributed by atoms with Crippen LogP contribution in [0.25, 0.3) is 0 Å². The van der Waals surface area contributed by atoms with Gasteiger partial charge in [0, 0.05) is 39.3 Å². The number of carbonyl (C=O) groups excluding carboxylic acids is 1. The summed E-state index contributed by atoms with van der Waals surface area (Å²) in [7, 11) is 1.79. The molecule has 0 atom stereocenters. The van der Waals surface area contributed by atoms with Crippen LogP contribution in [0.1, 0.15) is 19.8 Å². The first-order valence-electron chi connectivity index (χ1n) is 8.76. The largest absolute Gasteiger partial charge is 0.492 e. The Kier molecular flexibility index (Phi) is 5.58. The molecule has 1 N–H and O–H groups in total. The van der Waals surface area contributed by atoms with Gasteiger partial charge in [0.15, 0.2) is 0 Å². The van der Waals surface area contributed by atoms with Gasteiger partial charge in [-0.3, -0.25) is 4.90 Å². The molecule has 0 aromatic heterocycles. The van der Waals surface area contributed by atoms with Gasteiger partial charge < -0.3 is 19.7 Å². The zero-order valence-electron chi connectivity index (χ0n) is 14.5. The fraction of sp³-hybridized carbons (Fsp3) is 0.611. The monoisotopic (exact) mass is 333 g/mol. The predicted molar refractivity (Wildman–Crippen MR) is 93.6 cm³/mol. The van der Waals surface area contributed by atoms with E-state index in [4.69, 9.17) is 9.47 Å². The van der Waals surface area contributed by atoms with Crippen LogP contribution in [0.15, 0.2) is 24.3 Å². The quantitative estimate of drug-likeness (QED) is 0.899. The average Bonchev–Trinajstić information content (AvgIpc) is 2.56. The molecule has 2 amide bonds. The molecule has 2 aliphatic heterocycles. The van der Waals surface area contributed by atoms with Gasteiger partial charge in [-0.25, -0.2) is 4.79 Å². The van der Waals surface area contributed by atoms with Crippen molar-refractivity contribution in [2.75, 3.05) is 45.2 Å². The van der Waals surface area contributed by atoms with Gasteiger partial charge in [0.1, 0.15) is 5.75 Å². The molecule has 0 unspecified atom stereocenters. The van der Waals surface area contributed by atoms with Crippen molar-refractivity contribution < 1.29 is 14.3 Å². The van der Waals surface area contributed by atoms with E-state index in [-0.39, 0.29) is 6.03 Å². The average molecular weight is 333 g/mol. The fourth-order valence-electron chi connectivity index (χ4n) is 3.37. The summed E-state index contributed by atoms with van der Waals surface area (Å²) in [5.41, 5.74) is 0.730. The van der Waals surface area contributed by atoms with Gasteiger partial charge >= 0.3 is 6.03 Å². The highest BCUT2D eigenvalue weighted by Crippen LogP contribution is 2.26. The number of nitrogens with one attached hydrogen (secondary N) is 1. The summed E-state index contributed by atoms with van der Waals surface area (Å²) in [6.07, 6.45) is 2.57. The van der Waals surface area contributed by atoms with E-state index in [1.165, 1.54) is 0 Å². The highest BCUT2D eigenvalue weighted by Gasteiger charge is 2.36. The van der Waals surface area contributed by atoms with Crippen molar-refractivity contribution in [3.05, 3.63) is 24.3 Å². The topological polar surface area (TPSA) is 54.0 Å². The molecule has 24 heavy (non-hydrogen) atoms. The number of methoxy groups -OCH3 is 1. The number of ether oxygens (including phenoxy) is 2. The molecule has 0 spiro atoms. The molecular formula is C18H27N3O3. The van der Waals surface area contributed by atoms with Crippen LogP contribution < -0.4 is 10.1 Å². The third-order valence-corrected chi connectivity index (χ3v) is 4.90. The molecule has 6 heteroatoms. The lowest BCUT2D eigenvalue weighted by Crippen LogP contribution is -2.63. The van der Waals surface area contributed by atoms with Crippen molar-refractivity contribution in [1.82, 2.24) is 9.80 Å². The van der Waals surface area contributed by atoms with Crippen molar-refractivity contribution in [2.24, 2.45) is 0 Å². The summed E-state index contributed by atoms with van der Waals surface area (Å²) in [6, 6.07) is 7.98. The first-order valence-corrected chi connectivity index (χ1v) is 8.76. The molecule has 3 rings (SSSR count). The second kappa shape index (κ2) is 7.85. The molecule has 0 saturated carbocycles. The summed E-state index contributed by atoms with van der Waals surface area (Å²) in [6.45, 7) is 6.22. The molecule has 1 aromatic rings. The Bertz CT molecular complexity index is 552. The SMILES string of the molecule is CCOc1ccccc1NC(=O)N1CC(N2CCC(OC)CC2)C1. The summed E-state index contributed by atoms with van der Waals surface area (Å²) in [5, 5.41) is 2.96. The molecule has 132 valence electrons. The summed E-state index contributed by atoms with van der Waals surface area (Å²) in [5.74, 6) is 0.715. The Morgan fingerprint density at radius 2 is 1.96 bits per heavy atom. The Morgan fingerprint density at radius 3 is 2.62 bits per heavy atom. The molecule has 6 nitrogen and oxygen atoms in total. The van der Waals surface area contributed by atoms with Crippen molar-refractivity contribution in [2.45, 2.75) is 31.9 Å². The van der Waals surface area contributed by atoms with Gasteiger partial charge in [-0.05, 0) is 31.9 Å². The van der Waals surface area contributed by atoms with Gasteiger partial charge in [0.05, 0.1) is 18.4 Å². The van der Waals surface area contributed by atoms with Crippen LogP contribution in [-0.4, -0.2) is 67.9 Å². The maximum absolute atomic E-state index is 12.4. The zero-order valence-corrected chi connectivity index (χ0v) is 14.5. The van der Waals surface area contributed by atoms with Crippen molar-refractivity contribution in [1.29, 1.82) is 0 Å². The molecule has 1 aromatic carbocycles. The number of hydrogen-bond acceptors (Lipinski definition) is 4. The minimum absolute atomic E-state index is 0.0508. The standard InChI is InChI=1S/C18H27N3O3/c1-3-24-17-7-5-4-6-16(17)19-18(22)21-12-14(13-21)20-10-8-15(23-2)9-11-20/h4-7,14-15H,3,8-13H2,1-2H3,(H,19,22).